The van der Waals surface area contributed by atoms with Gasteiger partial charge in [-0.3, -0.25) is 5.10 Å². The molecule has 1 atom stereocenters. The average Bonchev–Trinajstić information content (AvgIpc) is 2.92. The number of aryl methyl sites for hydroxylation is 2. The number of hydrogen-bond donors (Lipinski definition) is 1. The molecule has 106 valence electrons. The molecule has 1 N–H and O–H groups in total. The summed E-state index contributed by atoms with van der Waals surface area (Å²) in [6.45, 7) is 8.28. The fourth-order valence-electron chi connectivity index (χ4n) is 3.07. The molecule has 0 saturated carbocycles. The molecule has 0 spiro atoms. The smallest absolute Gasteiger partial charge is 0.225 e. The summed E-state index contributed by atoms with van der Waals surface area (Å²) in [5.74, 6) is 0.855. The van der Waals surface area contributed by atoms with Crippen LogP contribution in [-0.4, -0.2) is 33.3 Å². The molecule has 1 aliphatic heterocycles. The summed E-state index contributed by atoms with van der Waals surface area (Å²) in [6, 6.07) is 4.09. The van der Waals surface area contributed by atoms with Gasteiger partial charge in [0.1, 0.15) is 0 Å². The van der Waals surface area contributed by atoms with Crippen LogP contribution in [0.25, 0.3) is 0 Å². The van der Waals surface area contributed by atoms with Crippen LogP contribution in [0.2, 0.25) is 0 Å². The molecule has 2 aromatic heterocycles. The fourth-order valence-corrected chi connectivity index (χ4v) is 3.07. The first-order valence-corrected chi connectivity index (χ1v) is 7.14. The Morgan fingerprint density at radius 3 is 2.65 bits per heavy atom. The lowest BCUT2D eigenvalue weighted by atomic mass is 9.79. The molecule has 20 heavy (non-hydrogen) atoms. The summed E-state index contributed by atoms with van der Waals surface area (Å²) in [5, 5.41) is 7.22. The van der Waals surface area contributed by atoms with Gasteiger partial charge in [-0.15, -0.1) is 0 Å². The largest absolute Gasteiger partial charge is 0.340 e. The van der Waals surface area contributed by atoms with Crippen LogP contribution < -0.4 is 4.90 Å². The molecule has 1 unspecified atom stereocenters. The molecule has 3 rings (SSSR count). The number of H-pyrrole nitrogens is 1. The molecular formula is C15H21N5. The van der Waals surface area contributed by atoms with E-state index in [1.54, 1.807) is 0 Å². The van der Waals surface area contributed by atoms with Gasteiger partial charge in [0.05, 0.1) is 0 Å². The first kappa shape index (κ1) is 13.1. The highest BCUT2D eigenvalue weighted by Gasteiger charge is 2.34. The van der Waals surface area contributed by atoms with Gasteiger partial charge in [-0.2, -0.15) is 5.10 Å². The van der Waals surface area contributed by atoms with E-state index in [-0.39, 0.29) is 5.41 Å². The third-order valence-electron chi connectivity index (χ3n) is 4.10. The highest BCUT2D eigenvalue weighted by Crippen LogP contribution is 2.33. The lowest BCUT2D eigenvalue weighted by Gasteiger charge is -2.40. The minimum absolute atomic E-state index is 0.0930. The molecule has 1 aliphatic rings. The van der Waals surface area contributed by atoms with Gasteiger partial charge in [0.2, 0.25) is 5.95 Å². The maximum absolute atomic E-state index is 4.59. The summed E-state index contributed by atoms with van der Waals surface area (Å²) in [7, 11) is 0. The Balaban J connectivity index is 1.88. The molecule has 0 bridgehead atoms. The standard InChI is InChI=1S/C15H21N5/c1-11-9-12(2)18-14(17-11)20-8-4-6-15(3,10-20)13-5-7-16-19-13/h5,7,9H,4,6,8,10H2,1-3H3,(H,16,19). The van der Waals surface area contributed by atoms with Crippen molar-refractivity contribution in [1.82, 2.24) is 20.2 Å². The maximum atomic E-state index is 4.59. The van der Waals surface area contributed by atoms with Crippen molar-refractivity contribution in [2.24, 2.45) is 0 Å². The number of nitrogens with zero attached hydrogens (tertiary/aromatic N) is 4. The van der Waals surface area contributed by atoms with Gasteiger partial charge in [-0.1, -0.05) is 6.92 Å². The average molecular weight is 271 g/mol. The lowest BCUT2D eigenvalue weighted by Crippen LogP contribution is -2.45. The zero-order chi connectivity index (χ0) is 14.2. The highest BCUT2D eigenvalue weighted by molar-refractivity contribution is 5.35. The number of anilines is 1. The van der Waals surface area contributed by atoms with Crippen LogP contribution in [0.4, 0.5) is 5.95 Å². The van der Waals surface area contributed by atoms with Crippen molar-refractivity contribution < 1.29 is 0 Å². The number of hydrogen-bond acceptors (Lipinski definition) is 4. The summed E-state index contributed by atoms with van der Waals surface area (Å²) >= 11 is 0. The Hall–Kier alpha value is -1.91. The Morgan fingerprint density at radius 2 is 2.00 bits per heavy atom. The zero-order valence-corrected chi connectivity index (χ0v) is 12.3. The second-order valence-corrected chi connectivity index (χ2v) is 6.01. The van der Waals surface area contributed by atoms with E-state index in [1.807, 2.05) is 26.1 Å². The number of nitrogens with one attached hydrogen (secondary N) is 1. The van der Waals surface area contributed by atoms with E-state index in [4.69, 9.17) is 0 Å². The summed E-state index contributed by atoms with van der Waals surface area (Å²) < 4.78 is 0. The van der Waals surface area contributed by atoms with Gasteiger partial charge in [0.15, 0.2) is 0 Å². The van der Waals surface area contributed by atoms with Gasteiger partial charge >= 0.3 is 0 Å². The van der Waals surface area contributed by atoms with Crippen LogP contribution in [0.15, 0.2) is 18.3 Å². The topological polar surface area (TPSA) is 57.7 Å². The van der Waals surface area contributed by atoms with E-state index < -0.39 is 0 Å². The van der Waals surface area contributed by atoms with Crippen molar-refractivity contribution in [3.63, 3.8) is 0 Å². The van der Waals surface area contributed by atoms with E-state index in [9.17, 15) is 0 Å². The van der Waals surface area contributed by atoms with Crippen molar-refractivity contribution >= 4 is 5.95 Å². The van der Waals surface area contributed by atoms with Crippen LogP contribution in [-0.2, 0) is 5.41 Å². The van der Waals surface area contributed by atoms with Crippen molar-refractivity contribution in [3.05, 3.63) is 35.4 Å². The SMILES string of the molecule is Cc1cc(C)nc(N2CCCC(C)(c3ccn[nH]3)C2)n1. The van der Waals surface area contributed by atoms with E-state index in [0.717, 1.165) is 43.3 Å². The molecule has 1 fully saturated rings. The Labute approximate surface area is 119 Å². The maximum Gasteiger partial charge on any atom is 0.225 e. The van der Waals surface area contributed by atoms with Crippen LogP contribution in [0.5, 0.6) is 0 Å². The molecule has 0 radical (unpaired) electrons. The quantitative estimate of drug-likeness (QED) is 0.911. The zero-order valence-electron chi connectivity index (χ0n) is 12.3. The Kier molecular flexibility index (Phi) is 3.20. The second-order valence-electron chi connectivity index (χ2n) is 6.01. The van der Waals surface area contributed by atoms with Gasteiger partial charge in [-0.05, 0) is 38.8 Å². The van der Waals surface area contributed by atoms with Crippen LogP contribution in [0.1, 0.15) is 36.8 Å². The fraction of sp³-hybridized carbons (Fsp3) is 0.533. The lowest BCUT2D eigenvalue weighted by molar-refractivity contribution is 0.361. The minimum atomic E-state index is 0.0930. The normalized spacial score (nSPS) is 23.1. The molecule has 0 aromatic carbocycles. The third-order valence-corrected chi connectivity index (χ3v) is 4.10. The van der Waals surface area contributed by atoms with Crippen LogP contribution in [0.3, 0.4) is 0 Å². The molecule has 5 nitrogen and oxygen atoms in total. The van der Waals surface area contributed by atoms with E-state index in [1.165, 1.54) is 5.69 Å². The van der Waals surface area contributed by atoms with E-state index >= 15 is 0 Å². The van der Waals surface area contributed by atoms with Crippen molar-refractivity contribution in [1.29, 1.82) is 0 Å². The predicted octanol–water partition coefficient (Wildman–Crippen LogP) is 2.37. The van der Waals surface area contributed by atoms with Gasteiger partial charge in [0.25, 0.3) is 0 Å². The molecule has 2 aromatic rings. The monoisotopic (exact) mass is 271 g/mol. The van der Waals surface area contributed by atoms with Gasteiger partial charge in [-0.25, -0.2) is 9.97 Å². The van der Waals surface area contributed by atoms with Crippen molar-refractivity contribution in [3.8, 4) is 0 Å². The molecule has 5 heteroatoms. The second kappa shape index (κ2) is 4.89. The molecule has 1 saturated heterocycles. The summed E-state index contributed by atoms with van der Waals surface area (Å²) in [4.78, 5) is 11.5. The summed E-state index contributed by atoms with van der Waals surface area (Å²) in [5.41, 5.74) is 3.35. The van der Waals surface area contributed by atoms with Gasteiger partial charge in [0, 0.05) is 41.8 Å². The Bertz CT molecular complexity index is 572. The van der Waals surface area contributed by atoms with Gasteiger partial charge < -0.3 is 4.90 Å². The minimum Gasteiger partial charge on any atom is -0.340 e. The first-order valence-electron chi connectivity index (χ1n) is 7.14. The number of aromatic amines is 1. The highest BCUT2D eigenvalue weighted by atomic mass is 15.3. The summed E-state index contributed by atoms with van der Waals surface area (Å²) in [6.07, 6.45) is 4.13. The number of rotatable bonds is 2. The third kappa shape index (κ3) is 2.40. The number of aromatic nitrogens is 4. The predicted molar refractivity (Wildman–Crippen MR) is 78.9 cm³/mol. The molecular weight excluding hydrogens is 250 g/mol. The van der Waals surface area contributed by atoms with Crippen molar-refractivity contribution in [2.75, 3.05) is 18.0 Å². The van der Waals surface area contributed by atoms with Crippen LogP contribution in [0, 0.1) is 13.8 Å². The Morgan fingerprint density at radius 1 is 1.25 bits per heavy atom. The molecule has 3 heterocycles. The van der Waals surface area contributed by atoms with Crippen molar-refractivity contribution in [2.45, 2.75) is 39.0 Å². The van der Waals surface area contributed by atoms with E-state index in [2.05, 4.69) is 38.1 Å². The molecule has 0 aliphatic carbocycles. The molecule has 0 amide bonds. The number of piperidine rings is 1. The first-order chi connectivity index (χ1) is 9.57. The van der Waals surface area contributed by atoms with Crippen LogP contribution >= 0.6 is 0 Å². The van der Waals surface area contributed by atoms with E-state index in [0.29, 0.717) is 0 Å².